The fraction of sp³-hybridized carbons (Fsp3) is 0.200. The number of ether oxygens (including phenoxy) is 1. The van der Waals surface area contributed by atoms with Crippen molar-refractivity contribution in [1.82, 2.24) is 10.6 Å². The molecule has 1 saturated heterocycles. The summed E-state index contributed by atoms with van der Waals surface area (Å²) in [5.41, 5.74) is 3.34. The molecular formula is C20H21N3O2S. The van der Waals surface area contributed by atoms with Crippen LogP contribution in [0.25, 0.3) is 0 Å². The second-order valence-electron chi connectivity index (χ2n) is 6.21. The number of nitrogens with one attached hydrogen (secondary N) is 3. The largest absolute Gasteiger partial charge is 0.497 e. The Kier molecular flexibility index (Phi) is 5.23. The average molecular weight is 367 g/mol. The van der Waals surface area contributed by atoms with Crippen LogP contribution in [0.15, 0.2) is 60.8 Å². The van der Waals surface area contributed by atoms with Crippen molar-refractivity contribution in [1.29, 1.82) is 0 Å². The first-order chi connectivity index (χ1) is 12.5. The molecule has 3 rings (SSSR count). The summed E-state index contributed by atoms with van der Waals surface area (Å²) in [6.45, 7) is 6.01. The number of rotatable bonds is 4. The summed E-state index contributed by atoms with van der Waals surface area (Å²) in [4.78, 5) is 13.0. The predicted octanol–water partition coefficient (Wildman–Crippen LogP) is 3.29. The molecular weight excluding hydrogens is 346 g/mol. The highest BCUT2D eigenvalue weighted by Crippen LogP contribution is 2.32. The molecule has 2 aromatic carbocycles. The van der Waals surface area contributed by atoms with E-state index in [1.165, 1.54) is 0 Å². The molecule has 0 spiro atoms. The van der Waals surface area contributed by atoms with Gasteiger partial charge in [-0.05, 0) is 49.0 Å². The van der Waals surface area contributed by atoms with Gasteiger partial charge in [-0.1, -0.05) is 36.4 Å². The van der Waals surface area contributed by atoms with E-state index in [0.29, 0.717) is 10.8 Å². The van der Waals surface area contributed by atoms with Crippen molar-refractivity contribution in [3.05, 3.63) is 71.9 Å². The number of amides is 1. The van der Waals surface area contributed by atoms with E-state index in [9.17, 15) is 4.79 Å². The normalized spacial score (nSPS) is 19.3. The highest BCUT2D eigenvalue weighted by Gasteiger charge is 2.36. The van der Waals surface area contributed by atoms with Gasteiger partial charge < -0.3 is 20.7 Å². The standard InChI is InChI=1S/C20H21N3O2S/c1-12-7-9-15(10-8-12)22-19(24)17-13(2)21-20(26)23-18(17)14-5-4-6-16(11-14)25-3/h4-11,17-18H,2H2,1,3H3,(H,22,24)(H2,21,23,26). The number of hydrogen-bond acceptors (Lipinski definition) is 3. The molecule has 2 aromatic rings. The summed E-state index contributed by atoms with van der Waals surface area (Å²) in [5.74, 6) is 0.0290. The Balaban J connectivity index is 1.89. The second-order valence-corrected chi connectivity index (χ2v) is 6.62. The molecule has 0 saturated carbocycles. The van der Waals surface area contributed by atoms with Gasteiger partial charge in [0.2, 0.25) is 5.91 Å². The van der Waals surface area contributed by atoms with Crippen LogP contribution in [0.1, 0.15) is 17.2 Å². The third kappa shape index (κ3) is 3.86. The SMILES string of the molecule is C=C1NC(=S)NC(c2cccc(OC)c2)C1C(=O)Nc1ccc(C)cc1. The molecule has 1 heterocycles. The van der Waals surface area contributed by atoms with Crippen LogP contribution in [0.2, 0.25) is 0 Å². The number of carbonyl (C=O) groups is 1. The molecule has 0 aromatic heterocycles. The molecule has 26 heavy (non-hydrogen) atoms. The van der Waals surface area contributed by atoms with Crippen molar-refractivity contribution in [2.75, 3.05) is 12.4 Å². The number of aryl methyl sites for hydroxylation is 1. The third-order valence-corrected chi connectivity index (χ3v) is 4.54. The lowest BCUT2D eigenvalue weighted by Crippen LogP contribution is -2.51. The van der Waals surface area contributed by atoms with Crippen LogP contribution >= 0.6 is 12.2 Å². The van der Waals surface area contributed by atoms with E-state index in [-0.39, 0.29) is 11.9 Å². The van der Waals surface area contributed by atoms with Crippen LogP contribution in [0.4, 0.5) is 5.69 Å². The van der Waals surface area contributed by atoms with Crippen molar-refractivity contribution in [2.45, 2.75) is 13.0 Å². The van der Waals surface area contributed by atoms with Gasteiger partial charge in [-0.2, -0.15) is 0 Å². The Labute approximate surface area is 158 Å². The van der Waals surface area contributed by atoms with Gasteiger partial charge in [0.05, 0.1) is 13.2 Å². The third-order valence-electron chi connectivity index (χ3n) is 4.32. The zero-order valence-electron chi connectivity index (χ0n) is 14.7. The van der Waals surface area contributed by atoms with Crippen LogP contribution in [0.5, 0.6) is 5.75 Å². The van der Waals surface area contributed by atoms with Crippen molar-refractivity contribution >= 4 is 28.9 Å². The Morgan fingerprint density at radius 1 is 1.23 bits per heavy atom. The van der Waals surface area contributed by atoms with Crippen molar-refractivity contribution in [3.8, 4) is 5.75 Å². The fourth-order valence-corrected chi connectivity index (χ4v) is 3.22. The molecule has 0 aliphatic carbocycles. The minimum absolute atomic E-state index is 0.158. The van der Waals surface area contributed by atoms with Crippen molar-refractivity contribution < 1.29 is 9.53 Å². The second kappa shape index (κ2) is 7.58. The maximum atomic E-state index is 13.0. The molecule has 134 valence electrons. The first-order valence-electron chi connectivity index (χ1n) is 8.25. The van der Waals surface area contributed by atoms with E-state index in [2.05, 4.69) is 22.5 Å². The number of benzene rings is 2. The lowest BCUT2D eigenvalue weighted by molar-refractivity contribution is -0.119. The average Bonchev–Trinajstić information content (AvgIpc) is 2.63. The van der Waals surface area contributed by atoms with Gasteiger partial charge in [0.1, 0.15) is 11.7 Å². The Morgan fingerprint density at radius 2 is 1.96 bits per heavy atom. The maximum Gasteiger partial charge on any atom is 0.235 e. The summed E-state index contributed by atoms with van der Waals surface area (Å²) < 4.78 is 5.30. The Hall–Kier alpha value is -2.86. The monoisotopic (exact) mass is 367 g/mol. The molecule has 1 fully saturated rings. The number of hydrogen-bond donors (Lipinski definition) is 3. The van der Waals surface area contributed by atoms with Crippen LogP contribution < -0.4 is 20.7 Å². The number of thiocarbonyl (C=S) groups is 1. The first kappa shape index (κ1) is 17.9. The highest BCUT2D eigenvalue weighted by atomic mass is 32.1. The lowest BCUT2D eigenvalue weighted by atomic mass is 9.88. The summed E-state index contributed by atoms with van der Waals surface area (Å²) in [7, 11) is 1.61. The summed E-state index contributed by atoms with van der Waals surface area (Å²) in [6, 6.07) is 14.9. The van der Waals surface area contributed by atoms with E-state index in [0.717, 1.165) is 22.6 Å². The molecule has 6 heteroatoms. The summed E-state index contributed by atoms with van der Waals surface area (Å²) in [6.07, 6.45) is 0. The molecule has 2 atom stereocenters. The Morgan fingerprint density at radius 3 is 2.65 bits per heavy atom. The zero-order chi connectivity index (χ0) is 18.7. The van der Waals surface area contributed by atoms with Gasteiger partial charge >= 0.3 is 0 Å². The van der Waals surface area contributed by atoms with Crippen LogP contribution in [0.3, 0.4) is 0 Å². The quantitative estimate of drug-likeness (QED) is 0.724. The van der Waals surface area contributed by atoms with E-state index < -0.39 is 5.92 Å². The first-order valence-corrected chi connectivity index (χ1v) is 8.66. The summed E-state index contributed by atoms with van der Waals surface area (Å²) in [5, 5.41) is 9.56. The van der Waals surface area contributed by atoms with Crippen molar-refractivity contribution in [2.24, 2.45) is 5.92 Å². The predicted molar refractivity (Wildman–Crippen MR) is 107 cm³/mol. The molecule has 0 bridgehead atoms. The van der Waals surface area contributed by atoms with Crippen LogP contribution in [0, 0.1) is 12.8 Å². The lowest BCUT2D eigenvalue weighted by Gasteiger charge is -2.35. The van der Waals surface area contributed by atoms with Gasteiger partial charge in [-0.3, -0.25) is 4.79 Å². The smallest absolute Gasteiger partial charge is 0.235 e. The molecule has 1 aliphatic heterocycles. The summed E-state index contributed by atoms with van der Waals surface area (Å²) >= 11 is 5.26. The Bertz CT molecular complexity index is 848. The minimum Gasteiger partial charge on any atom is -0.497 e. The van der Waals surface area contributed by atoms with E-state index in [4.69, 9.17) is 17.0 Å². The zero-order valence-corrected chi connectivity index (χ0v) is 15.5. The van der Waals surface area contributed by atoms with E-state index >= 15 is 0 Å². The van der Waals surface area contributed by atoms with Gasteiger partial charge in [0, 0.05) is 11.4 Å². The molecule has 5 nitrogen and oxygen atoms in total. The van der Waals surface area contributed by atoms with Gasteiger partial charge in [0.15, 0.2) is 5.11 Å². The van der Waals surface area contributed by atoms with Gasteiger partial charge in [-0.25, -0.2) is 0 Å². The molecule has 0 radical (unpaired) electrons. The van der Waals surface area contributed by atoms with Crippen molar-refractivity contribution in [3.63, 3.8) is 0 Å². The topological polar surface area (TPSA) is 62.4 Å². The molecule has 1 aliphatic rings. The fourth-order valence-electron chi connectivity index (χ4n) is 2.96. The van der Waals surface area contributed by atoms with Gasteiger partial charge in [-0.15, -0.1) is 0 Å². The number of carbonyl (C=O) groups excluding carboxylic acids is 1. The molecule has 1 amide bonds. The highest BCUT2D eigenvalue weighted by molar-refractivity contribution is 7.80. The van der Waals surface area contributed by atoms with Crippen LogP contribution in [-0.4, -0.2) is 18.1 Å². The minimum atomic E-state index is -0.532. The number of methoxy groups -OCH3 is 1. The maximum absolute atomic E-state index is 13.0. The van der Waals surface area contributed by atoms with Gasteiger partial charge in [0.25, 0.3) is 0 Å². The van der Waals surface area contributed by atoms with E-state index in [1.807, 2.05) is 55.5 Å². The molecule has 3 N–H and O–H groups in total. The van der Waals surface area contributed by atoms with E-state index in [1.54, 1.807) is 7.11 Å². The molecule has 2 unspecified atom stereocenters. The number of anilines is 1. The van der Waals surface area contributed by atoms with Crippen LogP contribution in [-0.2, 0) is 4.79 Å².